The van der Waals surface area contributed by atoms with Crippen LogP contribution in [0.4, 0.5) is 0 Å². The Hall–Kier alpha value is -4.93. The molecule has 1 unspecified atom stereocenters. The molecule has 4 heteroatoms. The van der Waals surface area contributed by atoms with Gasteiger partial charge in [0.2, 0.25) is 0 Å². The maximum atomic E-state index is 11.6. The number of nitrogens with zero attached hydrogens (tertiary/aromatic N) is 2. The number of benzene rings is 5. The van der Waals surface area contributed by atoms with Crippen LogP contribution in [0, 0.1) is 0 Å². The summed E-state index contributed by atoms with van der Waals surface area (Å²) in [6.45, 7) is 6.13. The Morgan fingerprint density at radius 3 is 1.88 bits per heavy atom. The lowest BCUT2D eigenvalue weighted by atomic mass is 9.77. The highest BCUT2D eigenvalue weighted by atomic mass is 16.5. The van der Waals surface area contributed by atoms with Crippen molar-refractivity contribution in [1.82, 2.24) is 9.55 Å². The van der Waals surface area contributed by atoms with Crippen molar-refractivity contribution in [2.75, 3.05) is 7.11 Å². The topological polar surface area (TPSA) is 47.3 Å². The predicted molar refractivity (Wildman–Crippen MR) is 166 cm³/mol. The first-order valence-corrected chi connectivity index (χ1v) is 13.7. The van der Waals surface area contributed by atoms with E-state index >= 15 is 0 Å². The van der Waals surface area contributed by atoms with Crippen LogP contribution in [0.3, 0.4) is 0 Å². The van der Waals surface area contributed by atoms with Gasteiger partial charge in [0.25, 0.3) is 0 Å². The fourth-order valence-electron chi connectivity index (χ4n) is 5.93. The van der Waals surface area contributed by atoms with Crippen LogP contribution < -0.4 is 4.74 Å². The van der Waals surface area contributed by atoms with Crippen molar-refractivity contribution in [3.63, 3.8) is 0 Å². The van der Waals surface area contributed by atoms with E-state index in [0.29, 0.717) is 5.69 Å². The summed E-state index contributed by atoms with van der Waals surface area (Å²) in [5.74, 6) is 0.788. The summed E-state index contributed by atoms with van der Waals surface area (Å²) in [6.07, 6.45) is 2.89. The van der Waals surface area contributed by atoms with E-state index in [1.54, 1.807) is 7.11 Å². The minimum absolute atomic E-state index is 0.574. The number of aromatic nitrogens is 2. The number of imidazole rings is 1. The first-order valence-electron chi connectivity index (χ1n) is 13.7. The summed E-state index contributed by atoms with van der Waals surface area (Å²) < 4.78 is 7.70. The molecule has 0 aliphatic heterocycles. The number of fused-ring (bicyclic) bond motifs is 1. The van der Waals surface area contributed by atoms with E-state index in [1.807, 2.05) is 68.0 Å². The monoisotopic (exact) mass is 536 g/mol. The average molecular weight is 537 g/mol. The molecule has 202 valence electrons. The van der Waals surface area contributed by atoms with Gasteiger partial charge in [0.05, 0.1) is 19.1 Å². The lowest BCUT2D eigenvalue weighted by Gasteiger charge is -2.37. The Kier molecular flexibility index (Phi) is 7.00. The van der Waals surface area contributed by atoms with Gasteiger partial charge in [-0.05, 0) is 57.7 Å². The maximum Gasteiger partial charge on any atom is 0.126 e. The highest BCUT2D eigenvalue weighted by Crippen LogP contribution is 2.41. The molecule has 1 heterocycles. The number of ether oxygens (including phenoxy) is 1. The second-order valence-corrected chi connectivity index (χ2v) is 10.3. The molecule has 1 N–H and O–H groups in total. The fraction of sp³-hybridized carbons (Fsp3) is 0.108. The molecule has 1 atom stereocenters. The maximum absolute atomic E-state index is 11.6. The van der Waals surface area contributed by atoms with Gasteiger partial charge < -0.3 is 14.4 Å². The van der Waals surface area contributed by atoms with Crippen LogP contribution in [0.15, 0.2) is 140 Å². The zero-order valence-electron chi connectivity index (χ0n) is 23.2. The van der Waals surface area contributed by atoms with Crippen molar-refractivity contribution in [3.05, 3.63) is 174 Å². The van der Waals surface area contributed by atoms with Crippen LogP contribution in [0.25, 0.3) is 16.3 Å². The van der Waals surface area contributed by atoms with Crippen LogP contribution in [0.1, 0.15) is 46.5 Å². The zero-order valence-corrected chi connectivity index (χ0v) is 23.2. The van der Waals surface area contributed by atoms with E-state index in [1.165, 1.54) is 0 Å². The molecule has 41 heavy (non-hydrogen) atoms. The molecule has 0 aliphatic carbocycles. The van der Waals surface area contributed by atoms with E-state index in [4.69, 9.17) is 9.72 Å². The lowest BCUT2D eigenvalue weighted by Crippen LogP contribution is -2.37. The molecular formula is C37H32N2O2. The number of methoxy groups -OCH3 is 1. The summed E-state index contributed by atoms with van der Waals surface area (Å²) in [7, 11) is 1.67. The Morgan fingerprint density at radius 1 is 0.805 bits per heavy atom. The summed E-state index contributed by atoms with van der Waals surface area (Å²) in [5.41, 5.74) is 5.86. The number of rotatable bonds is 8. The number of hydrogen-bond donors (Lipinski definition) is 1. The second kappa shape index (κ2) is 10.9. The lowest BCUT2D eigenvalue weighted by molar-refractivity contribution is 0.216. The second-order valence-electron chi connectivity index (χ2n) is 10.3. The van der Waals surface area contributed by atoms with E-state index < -0.39 is 11.6 Å². The van der Waals surface area contributed by atoms with Crippen LogP contribution in [-0.4, -0.2) is 21.8 Å². The van der Waals surface area contributed by atoms with Crippen molar-refractivity contribution in [3.8, 4) is 5.75 Å². The molecule has 4 nitrogen and oxygen atoms in total. The van der Waals surface area contributed by atoms with Gasteiger partial charge in [0.15, 0.2) is 0 Å². The molecule has 1 aromatic heterocycles. The predicted octanol–water partition coefficient (Wildman–Crippen LogP) is 8.00. The number of allylic oxidation sites excluding steroid dienone is 1. The highest BCUT2D eigenvalue weighted by molar-refractivity contribution is 5.96. The summed E-state index contributed by atoms with van der Waals surface area (Å²) in [6, 6.07) is 41.3. The molecule has 0 amide bonds. The van der Waals surface area contributed by atoms with Crippen LogP contribution in [0.2, 0.25) is 0 Å². The van der Waals surface area contributed by atoms with E-state index in [9.17, 15) is 5.11 Å². The molecule has 0 saturated carbocycles. The Balaban J connectivity index is 1.49. The van der Waals surface area contributed by atoms with Gasteiger partial charge in [0.1, 0.15) is 17.4 Å². The van der Waals surface area contributed by atoms with Crippen molar-refractivity contribution in [2.45, 2.75) is 18.6 Å². The molecule has 5 aromatic carbocycles. The summed E-state index contributed by atoms with van der Waals surface area (Å²) in [5, 5.41) is 13.6. The van der Waals surface area contributed by atoms with Gasteiger partial charge in [0, 0.05) is 11.8 Å². The van der Waals surface area contributed by atoms with Crippen LogP contribution in [-0.2, 0) is 5.54 Å². The van der Waals surface area contributed by atoms with Gasteiger partial charge in [-0.15, -0.1) is 0 Å². The van der Waals surface area contributed by atoms with E-state index in [-0.39, 0.29) is 0 Å². The third-order valence-corrected chi connectivity index (χ3v) is 7.81. The van der Waals surface area contributed by atoms with Crippen LogP contribution >= 0.6 is 0 Å². The number of hydrogen-bond acceptors (Lipinski definition) is 3. The fourth-order valence-corrected chi connectivity index (χ4v) is 5.93. The average Bonchev–Trinajstić information content (AvgIpc) is 3.52. The molecule has 0 bridgehead atoms. The van der Waals surface area contributed by atoms with Gasteiger partial charge in [-0.25, -0.2) is 4.98 Å². The number of aliphatic hydroxyl groups is 1. The third-order valence-electron chi connectivity index (χ3n) is 7.81. The molecule has 0 aliphatic rings. The minimum atomic E-state index is -0.906. The van der Waals surface area contributed by atoms with Crippen molar-refractivity contribution >= 4 is 16.3 Å². The quantitative estimate of drug-likeness (QED) is 0.201. The highest BCUT2D eigenvalue weighted by Gasteiger charge is 2.38. The smallest absolute Gasteiger partial charge is 0.126 e. The standard InChI is InChI=1S/C37H32N2O2/c1-26(2)35-32-21-19-28(23-27(32)20-22-34(35)41-3)36(40)33-24-39(25-38-33)37(29-13-7-4-8-14-29,30-15-9-5-10-16-30)31-17-11-6-12-18-31/h4-25,36,40H,1H2,2-3H3. The molecule has 0 fully saturated rings. The molecule has 0 spiro atoms. The van der Waals surface area contributed by atoms with E-state index in [2.05, 4.69) is 83.9 Å². The Bertz CT molecular complexity index is 1710. The summed E-state index contributed by atoms with van der Waals surface area (Å²) >= 11 is 0. The first-order chi connectivity index (χ1) is 20.0. The molecule has 0 radical (unpaired) electrons. The normalized spacial score (nSPS) is 12.3. The molecule has 0 saturated heterocycles. The molecule has 6 aromatic rings. The minimum Gasteiger partial charge on any atom is -0.496 e. The van der Waals surface area contributed by atoms with Gasteiger partial charge in [-0.2, -0.15) is 0 Å². The van der Waals surface area contributed by atoms with Gasteiger partial charge >= 0.3 is 0 Å². The van der Waals surface area contributed by atoms with E-state index in [0.717, 1.165) is 49.9 Å². The molecule has 6 rings (SSSR count). The molecular weight excluding hydrogens is 504 g/mol. The van der Waals surface area contributed by atoms with Gasteiger partial charge in [-0.3, -0.25) is 0 Å². The first kappa shape index (κ1) is 26.3. The van der Waals surface area contributed by atoms with Crippen molar-refractivity contribution in [1.29, 1.82) is 0 Å². The van der Waals surface area contributed by atoms with Gasteiger partial charge in [-0.1, -0.05) is 116 Å². The van der Waals surface area contributed by atoms with Crippen molar-refractivity contribution < 1.29 is 9.84 Å². The van der Waals surface area contributed by atoms with Crippen molar-refractivity contribution in [2.24, 2.45) is 0 Å². The Morgan fingerprint density at radius 2 is 1.37 bits per heavy atom. The third kappa shape index (κ3) is 4.52. The SMILES string of the molecule is C=C(C)c1c(OC)ccc2cc(C(O)c3cn(C(c4ccccc4)(c4ccccc4)c4ccccc4)cn3)ccc12. The van der Waals surface area contributed by atoms with Crippen LogP contribution in [0.5, 0.6) is 5.75 Å². The zero-order chi connectivity index (χ0) is 28.4. The largest absolute Gasteiger partial charge is 0.496 e. The summed E-state index contributed by atoms with van der Waals surface area (Å²) in [4.78, 5) is 4.77. The number of aliphatic hydroxyl groups excluding tert-OH is 1. The Labute approximate surface area is 240 Å².